The number of carbonyl (C=O) groups is 4. The molecule has 0 N–H and O–H groups in total. The van der Waals surface area contributed by atoms with Crippen molar-refractivity contribution in [3.05, 3.63) is 142 Å². The zero-order valence-electron chi connectivity index (χ0n) is 28.4. The van der Waals surface area contributed by atoms with Crippen molar-refractivity contribution in [3.8, 4) is 0 Å². The molecule has 0 amide bonds. The summed E-state index contributed by atoms with van der Waals surface area (Å²) in [5.41, 5.74) is -3.04. The van der Waals surface area contributed by atoms with Crippen molar-refractivity contribution in [2.75, 3.05) is 26.4 Å². The summed E-state index contributed by atoms with van der Waals surface area (Å²) < 4.78 is 109. The Morgan fingerprint density at radius 2 is 0.554 bits per heavy atom. The van der Waals surface area contributed by atoms with Gasteiger partial charge in [-0.15, -0.1) is 0 Å². The molecule has 2 heterocycles. The zero-order chi connectivity index (χ0) is 40.8. The van der Waals surface area contributed by atoms with E-state index in [1.807, 2.05) is 0 Å². The van der Waals surface area contributed by atoms with Crippen molar-refractivity contribution in [1.29, 1.82) is 0 Å². The number of benzene rings is 4. The van der Waals surface area contributed by atoms with Crippen LogP contribution in [0.2, 0.25) is 0 Å². The molecule has 10 nitrogen and oxygen atoms in total. The van der Waals surface area contributed by atoms with Crippen molar-refractivity contribution < 1.29 is 123 Å². The molecule has 4 aromatic carbocycles. The smallest absolute Gasteiger partial charge is 0.545 e. The van der Waals surface area contributed by atoms with Crippen molar-refractivity contribution in [2.45, 2.75) is 25.7 Å². The molecule has 6 rings (SSSR count). The van der Waals surface area contributed by atoms with Crippen LogP contribution < -0.4 is 20.4 Å². The van der Waals surface area contributed by atoms with E-state index in [-0.39, 0.29) is 39.0 Å². The Morgan fingerprint density at radius 3 is 0.661 bits per heavy atom. The molecule has 4 aromatic rings. The van der Waals surface area contributed by atoms with Gasteiger partial charge in [0.2, 0.25) is 0 Å². The fourth-order valence-electron chi connectivity index (χ4n) is 3.67. The van der Waals surface area contributed by atoms with E-state index in [1.165, 1.54) is 25.7 Å². The summed E-state index contributed by atoms with van der Waals surface area (Å²) in [7, 11) is 0. The van der Waals surface area contributed by atoms with Crippen LogP contribution in [0.15, 0.2) is 72.8 Å². The molecule has 0 aromatic heterocycles. The third-order valence-corrected chi connectivity index (χ3v) is 6.34. The Bertz CT molecular complexity index is 1590. The minimum atomic E-state index is -1.72. The average Bonchev–Trinajstić information content (AvgIpc) is 3.91. The second-order valence-electron chi connectivity index (χ2n) is 10.2. The van der Waals surface area contributed by atoms with E-state index in [9.17, 15) is 74.7 Å². The van der Waals surface area contributed by atoms with Crippen LogP contribution in [0, 0.1) is 46.5 Å². The van der Waals surface area contributed by atoms with Gasteiger partial charge in [0.05, 0.1) is 23.9 Å². The van der Waals surface area contributed by atoms with Crippen molar-refractivity contribution >= 4 is 23.9 Å². The van der Waals surface area contributed by atoms with E-state index in [0.29, 0.717) is 0 Å². The maximum absolute atomic E-state index is 12.5. The number of halogens is 8. The van der Waals surface area contributed by atoms with Gasteiger partial charge >= 0.3 is 39.0 Å². The van der Waals surface area contributed by atoms with Gasteiger partial charge in [0, 0.05) is 48.7 Å². The van der Waals surface area contributed by atoms with Crippen molar-refractivity contribution in [1.82, 2.24) is 0 Å². The van der Waals surface area contributed by atoms with Crippen LogP contribution in [0.5, 0.6) is 0 Å². The van der Waals surface area contributed by atoms with E-state index >= 15 is 0 Å². The first-order chi connectivity index (χ1) is 25.5. The Hall–Kier alpha value is -4.63. The Balaban J connectivity index is 0. The molecule has 2 fully saturated rings. The zero-order valence-corrected chi connectivity index (χ0v) is 31.9. The summed E-state index contributed by atoms with van der Waals surface area (Å²) >= 11 is 0. The molecule has 0 bridgehead atoms. The van der Waals surface area contributed by atoms with Gasteiger partial charge in [-0.3, -0.25) is 0 Å². The van der Waals surface area contributed by atoms with Crippen LogP contribution in [-0.4, -0.2) is 50.3 Å². The minimum absolute atomic E-state index is 0. The molecule has 0 saturated carbocycles. The van der Waals surface area contributed by atoms with E-state index in [4.69, 9.17) is 9.47 Å². The molecule has 0 spiro atoms. The molecule has 0 unspecified atom stereocenters. The first-order valence-electron chi connectivity index (χ1n) is 15.3. The minimum Gasteiger partial charge on any atom is -0.545 e. The first-order valence-corrected chi connectivity index (χ1v) is 15.3. The number of hydrogen-bond acceptors (Lipinski definition) is 10. The number of carboxylic acids is 4. The molecule has 304 valence electrons. The van der Waals surface area contributed by atoms with Gasteiger partial charge < -0.3 is 49.1 Å². The molecule has 0 atom stereocenters. The topological polar surface area (TPSA) is 179 Å². The van der Waals surface area contributed by atoms with Crippen molar-refractivity contribution in [3.63, 3.8) is 0 Å². The maximum Gasteiger partial charge on any atom is 2.00 e. The van der Waals surface area contributed by atoms with Crippen LogP contribution in [0.3, 0.4) is 0 Å². The number of carbonyl (C=O) groups excluding carboxylic acids is 4. The van der Waals surface area contributed by atoms with Crippen molar-refractivity contribution in [2.24, 2.45) is 0 Å². The van der Waals surface area contributed by atoms with Crippen LogP contribution in [0.1, 0.15) is 67.1 Å². The summed E-state index contributed by atoms with van der Waals surface area (Å²) in [6.45, 7) is 4.00. The third-order valence-electron chi connectivity index (χ3n) is 6.34. The van der Waals surface area contributed by atoms with Gasteiger partial charge in [-0.05, 0) is 74.2 Å². The fraction of sp³-hybridized carbons (Fsp3) is 0.222. The normalized spacial score (nSPS) is 11.9. The van der Waals surface area contributed by atoms with Gasteiger partial charge in [0.1, 0.15) is 0 Å². The van der Waals surface area contributed by atoms with Gasteiger partial charge in [-0.25, -0.2) is 35.1 Å². The molecule has 20 heteroatoms. The van der Waals surface area contributed by atoms with Gasteiger partial charge in [0.15, 0.2) is 46.5 Å². The summed E-state index contributed by atoms with van der Waals surface area (Å²) in [4.78, 5) is 40.2. The molecular formula is C36H28F8O10Ru2. The third kappa shape index (κ3) is 19.3. The summed E-state index contributed by atoms with van der Waals surface area (Å²) in [6.07, 6.45) is 5.11. The maximum atomic E-state index is 12.5. The summed E-state index contributed by atoms with van der Waals surface area (Å²) in [5, 5.41) is 40.2. The standard InChI is InChI=1S/4C7H4F2O2.2C4H8O.2Ru/c4*8-5-3-1-2-4(6(5)9)7(10)11;2*1-2-4-5-3-1;;/h4*1-3H,(H,10,11);2*1-4H2;;/q;;;;;;2*+2/p-4. The van der Waals surface area contributed by atoms with Crippen LogP contribution in [0.25, 0.3) is 0 Å². The summed E-state index contributed by atoms with van der Waals surface area (Å²) in [6, 6.07) is 11.5. The van der Waals surface area contributed by atoms with Crippen LogP contribution in [-0.2, 0) is 48.4 Å². The SMILES string of the molecule is C1CCOC1.C1CCOC1.O=C([O-])c1cccc(F)c1F.O=C([O-])c1cccc(F)c1F.O=C([O-])c1cccc(F)c1F.O=C([O-])c1cccc(F)c1F.[Ru+2].[Ru+2]. The average molecular weight is 975 g/mol. The monoisotopic (exact) mass is 976 g/mol. The fourth-order valence-corrected chi connectivity index (χ4v) is 3.67. The van der Waals surface area contributed by atoms with Crippen LogP contribution in [0.4, 0.5) is 35.1 Å². The Morgan fingerprint density at radius 1 is 0.375 bits per heavy atom. The number of rotatable bonds is 4. The first kappa shape index (κ1) is 53.5. The van der Waals surface area contributed by atoms with E-state index in [2.05, 4.69) is 0 Å². The molecule has 2 aliphatic heterocycles. The predicted octanol–water partition coefficient (Wildman–Crippen LogP) is 2.90. The van der Waals surface area contributed by atoms with Crippen LogP contribution >= 0.6 is 0 Å². The number of aromatic carboxylic acids is 4. The Labute approximate surface area is 339 Å². The molecule has 56 heavy (non-hydrogen) atoms. The number of hydrogen-bond donors (Lipinski definition) is 0. The van der Waals surface area contributed by atoms with E-state index < -0.39 is 92.7 Å². The summed E-state index contributed by atoms with van der Waals surface area (Å²) in [5.74, 6) is -17.2. The second kappa shape index (κ2) is 28.7. The molecule has 0 aliphatic carbocycles. The molecular weight excluding hydrogens is 947 g/mol. The predicted molar refractivity (Wildman–Crippen MR) is 163 cm³/mol. The second-order valence-corrected chi connectivity index (χ2v) is 10.2. The molecule has 0 radical (unpaired) electrons. The van der Waals surface area contributed by atoms with E-state index in [0.717, 1.165) is 99.2 Å². The quantitative estimate of drug-likeness (QED) is 0.218. The van der Waals surface area contributed by atoms with Gasteiger partial charge in [-0.2, -0.15) is 0 Å². The number of ether oxygens (including phenoxy) is 2. The van der Waals surface area contributed by atoms with Gasteiger partial charge in [0.25, 0.3) is 0 Å². The largest absolute Gasteiger partial charge is 2.00 e. The van der Waals surface area contributed by atoms with E-state index in [1.54, 1.807) is 0 Å². The molecule has 2 saturated heterocycles. The Kier molecular flexibility index (Phi) is 27.4. The number of carboxylic acid groups (broad SMARTS) is 4. The molecule has 2 aliphatic rings. The van der Waals surface area contributed by atoms with Gasteiger partial charge in [-0.1, -0.05) is 24.3 Å².